The molecule has 7 heteroatoms. The molecule has 0 atom stereocenters. The van der Waals surface area contributed by atoms with Crippen molar-refractivity contribution in [2.45, 2.75) is 44.6 Å². The van der Waals surface area contributed by atoms with Gasteiger partial charge >= 0.3 is 6.09 Å². The third-order valence-electron chi connectivity index (χ3n) is 4.25. The molecule has 0 spiro atoms. The molecule has 1 aliphatic carbocycles. The second kappa shape index (κ2) is 7.05. The summed E-state index contributed by atoms with van der Waals surface area (Å²) in [6, 6.07) is 3.69. The van der Waals surface area contributed by atoms with Gasteiger partial charge in [0.1, 0.15) is 5.60 Å². The standard InChI is InChI=1S/C19H21Cl2N3O2/c1-18(2,3)26-17(25)24-11-19(5-6-19)16-14(20)8-12(9-23-16)13-4-7-22-10-15(13)21/h4,7-10H,5-6,11H2,1-3H3,(H,24,25). The molecule has 3 rings (SSSR count). The Labute approximate surface area is 163 Å². The molecule has 0 bridgehead atoms. The number of alkyl carbamates (subject to hydrolysis) is 1. The van der Waals surface area contributed by atoms with Gasteiger partial charge in [0.2, 0.25) is 0 Å². The summed E-state index contributed by atoms with van der Waals surface area (Å²) < 4.78 is 5.29. The minimum atomic E-state index is -0.526. The number of hydrogen-bond acceptors (Lipinski definition) is 4. The molecular weight excluding hydrogens is 373 g/mol. The average Bonchev–Trinajstić information content (AvgIpc) is 3.33. The summed E-state index contributed by atoms with van der Waals surface area (Å²) in [4.78, 5) is 20.5. The van der Waals surface area contributed by atoms with Crippen LogP contribution >= 0.6 is 23.2 Å². The normalized spacial score (nSPS) is 15.4. The van der Waals surface area contributed by atoms with Crippen LogP contribution in [0.5, 0.6) is 0 Å². The number of nitrogens with one attached hydrogen (secondary N) is 1. The smallest absolute Gasteiger partial charge is 0.407 e. The van der Waals surface area contributed by atoms with Gasteiger partial charge in [-0.25, -0.2) is 4.79 Å². The van der Waals surface area contributed by atoms with Gasteiger partial charge < -0.3 is 10.1 Å². The van der Waals surface area contributed by atoms with E-state index >= 15 is 0 Å². The molecule has 5 nitrogen and oxygen atoms in total. The highest BCUT2D eigenvalue weighted by atomic mass is 35.5. The van der Waals surface area contributed by atoms with Crippen molar-refractivity contribution in [3.8, 4) is 11.1 Å². The summed E-state index contributed by atoms with van der Waals surface area (Å²) in [5.41, 5.74) is 1.71. The van der Waals surface area contributed by atoms with Crippen molar-refractivity contribution >= 4 is 29.3 Å². The molecule has 0 radical (unpaired) electrons. The SMILES string of the molecule is CC(C)(C)OC(=O)NCC1(c2ncc(-c3ccncc3Cl)cc2Cl)CC1. The lowest BCUT2D eigenvalue weighted by Crippen LogP contribution is -2.37. The second-order valence-electron chi connectivity index (χ2n) is 7.55. The molecule has 1 N–H and O–H groups in total. The fourth-order valence-corrected chi connectivity index (χ4v) is 3.38. The number of carbonyl (C=O) groups excluding carboxylic acids is 1. The number of ether oxygens (including phenoxy) is 1. The van der Waals surface area contributed by atoms with Crippen LogP contribution < -0.4 is 5.32 Å². The zero-order valence-corrected chi connectivity index (χ0v) is 16.5. The minimum Gasteiger partial charge on any atom is -0.444 e. The Hall–Kier alpha value is -1.85. The molecular formula is C19H21Cl2N3O2. The Kier molecular flexibility index (Phi) is 5.13. The van der Waals surface area contributed by atoms with E-state index in [1.165, 1.54) is 0 Å². The largest absolute Gasteiger partial charge is 0.444 e. The number of rotatable bonds is 4. The summed E-state index contributed by atoms with van der Waals surface area (Å²) in [6.45, 7) is 5.95. The predicted molar refractivity (Wildman–Crippen MR) is 103 cm³/mol. The number of hydrogen-bond donors (Lipinski definition) is 1. The lowest BCUT2D eigenvalue weighted by atomic mass is 10.00. The highest BCUT2D eigenvalue weighted by Crippen LogP contribution is 2.49. The van der Waals surface area contributed by atoms with Crippen LogP contribution in [0.15, 0.2) is 30.7 Å². The Morgan fingerprint density at radius 1 is 1.27 bits per heavy atom. The van der Waals surface area contributed by atoms with Gasteiger partial charge in [0.05, 0.1) is 15.7 Å². The Morgan fingerprint density at radius 2 is 2.00 bits per heavy atom. The van der Waals surface area contributed by atoms with Crippen LogP contribution in [-0.2, 0) is 10.2 Å². The molecule has 2 aromatic heterocycles. The first kappa shape index (κ1) is 18.9. The van der Waals surface area contributed by atoms with Gasteiger partial charge in [-0.05, 0) is 45.7 Å². The van der Waals surface area contributed by atoms with E-state index in [2.05, 4.69) is 15.3 Å². The molecule has 0 aliphatic heterocycles. The third-order valence-corrected chi connectivity index (χ3v) is 4.84. The Balaban J connectivity index is 1.75. The molecule has 0 aromatic carbocycles. The van der Waals surface area contributed by atoms with Gasteiger partial charge in [0, 0.05) is 41.7 Å². The van der Waals surface area contributed by atoms with Crippen LogP contribution in [-0.4, -0.2) is 28.2 Å². The van der Waals surface area contributed by atoms with Crippen molar-refractivity contribution in [2.24, 2.45) is 0 Å². The summed E-state index contributed by atoms with van der Waals surface area (Å²) in [5, 5.41) is 3.95. The summed E-state index contributed by atoms with van der Waals surface area (Å²) in [5.74, 6) is 0. The second-order valence-corrected chi connectivity index (χ2v) is 8.36. The van der Waals surface area contributed by atoms with E-state index in [4.69, 9.17) is 27.9 Å². The van der Waals surface area contributed by atoms with Gasteiger partial charge in [-0.15, -0.1) is 0 Å². The molecule has 0 unspecified atom stereocenters. The van der Waals surface area contributed by atoms with E-state index in [1.807, 2.05) is 32.9 Å². The third kappa shape index (κ3) is 4.27. The van der Waals surface area contributed by atoms with E-state index < -0.39 is 11.7 Å². The molecule has 1 fully saturated rings. The zero-order valence-electron chi connectivity index (χ0n) is 15.0. The van der Waals surface area contributed by atoms with Gasteiger partial charge in [-0.1, -0.05) is 23.2 Å². The van der Waals surface area contributed by atoms with Crippen LogP contribution in [0.1, 0.15) is 39.3 Å². The number of amides is 1. The first-order valence-electron chi connectivity index (χ1n) is 8.43. The van der Waals surface area contributed by atoms with Gasteiger partial charge in [-0.3, -0.25) is 9.97 Å². The van der Waals surface area contributed by atoms with Crippen molar-refractivity contribution < 1.29 is 9.53 Å². The Bertz CT molecular complexity index is 830. The number of aromatic nitrogens is 2. The zero-order chi connectivity index (χ0) is 18.9. The molecule has 26 heavy (non-hydrogen) atoms. The molecule has 0 saturated heterocycles. The highest BCUT2D eigenvalue weighted by Gasteiger charge is 2.47. The lowest BCUT2D eigenvalue weighted by Gasteiger charge is -2.22. The quantitative estimate of drug-likeness (QED) is 0.792. The maximum absolute atomic E-state index is 11.9. The van der Waals surface area contributed by atoms with Crippen molar-refractivity contribution in [1.82, 2.24) is 15.3 Å². The first-order valence-corrected chi connectivity index (χ1v) is 9.19. The van der Waals surface area contributed by atoms with Crippen molar-refractivity contribution in [1.29, 1.82) is 0 Å². The van der Waals surface area contributed by atoms with E-state index in [0.717, 1.165) is 29.7 Å². The van der Waals surface area contributed by atoms with Crippen molar-refractivity contribution in [2.75, 3.05) is 6.54 Å². The predicted octanol–water partition coefficient (Wildman–Crippen LogP) is 5.01. The number of pyridine rings is 2. The number of nitrogens with zero attached hydrogens (tertiary/aromatic N) is 2. The highest BCUT2D eigenvalue weighted by molar-refractivity contribution is 6.33. The minimum absolute atomic E-state index is 0.228. The topological polar surface area (TPSA) is 64.1 Å². The number of halogens is 2. The van der Waals surface area contributed by atoms with Crippen LogP contribution in [0.2, 0.25) is 10.0 Å². The van der Waals surface area contributed by atoms with E-state index in [0.29, 0.717) is 16.6 Å². The fraction of sp³-hybridized carbons (Fsp3) is 0.421. The summed E-state index contributed by atoms with van der Waals surface area (Å²) in [6.07, 6.45) is 6.44. The van der Waals surface area contributed by atoms with E-state index in [9.17, 15) is 4.79 Å². The lowest BCUT2D eigenvalue weighted by molar-refractivity contribution is 0.0522. The Morgan fingerprint density at radius 3 is 2.58 bits per heavy atom. The summed E-state index contributed by atoms with van der Waals surface area (Å²) >= 11 is 12.7. The van der Waals surface area contributed by atoms with Gasteiger partial charge in [0.25, 0.3) is 0 Å². The van der Waals surface area contributed by atoms with Crippen molar-refractivity contribution in [3.63, 3.8) is 0 Å². The monoisotopic (exact) mass is 393 g/mol. The van der Waals surface area contributed by atoms with Gasteiger partial charge in [0.15, 0.2) is 0 Å². The molecule has 2 heterocycles. The van der Waals surface area contributed by atoms with Crippen LogP contribution in [0.25, 0.3) is 11.1 Å². The maximum atomic E-state index is 11.9. The van der Waals surface area contributed by atoms with Crippen LogP contribution in [0.4, 0.5) is 4.79 Å². The number of carbonyl (C=O) groups is 1. The molecule has 1 amide bonds. The van der Waals surface area contributed by atoms with Crippen molar-refractivity contribution in [3.05, 3.63) is 46.5 Å². The summed E-state index contributed by atoms with van der Waals surface area (Å²) in [7, 11) is 0. The maximum Gasteiger partial charge on any atom is 0.407 e. The molecule has 2 aromatic rings. The first-order chi connectivity index (χ1) is 12.2. The van der Waals surface area contributed by atoms with Gasteiger partial charge in [-0.2, -0.15) is 0 Å². The van der Waals surface area contributed by atoms with E-state index in [-0.39, 0.29) is 5.41 Å². The van der Waals surface area contributed by atoms with Crippen LogP contribution in [0.3, 0.4) is 0 Å². The average molecular weight is 394 g/mol. The van der Waals surface area contributed by atoms with Crippen LogP contribution in [0, 0.1) is 0 Å². The fourth-order valence-electron chi connectivity index (χ4n) is 2.79. The molecule has 1 saturated carbocycles. The van der Waals surface area contributed by atoms with E-state index in [1.54, 1.807) is 18.6 Å². The molecule has 1 aliphatic rings. The molecule has 138 valence electrons.